The van der Waals surface area contributed by atoms with Gasteiger partial charge in [-0.05, 0) is 48.9 Å². The molecule has 0 radical (unpaired) electrons. The SMILES string of the molecule is COc1ccc(-c2c3c(n([C@@H]4O[C@H](COC(C)=O)[C@H](OC(C)=O)[C@H](OC(C)=O)[C@@H]4OC(C)=O)c(=S)c2C#N)CCCC3)cc1. The minimum atomic E-state index is -1.37. The number of nitrogens with zero attached hydrogens (tertiary/aromatic N) is 2. The number of carbonyl (C=O) groups excluding carboxylic acids is 4. The topological polar surface area (TPSA) is 152 Å². The van der Waals surface area contributed by atoms with Crippen LogP contribution < -0.4 is 4.74 Å². The molecule has 0 bridgehead atoms. The van der Waals surface area contributed by atoms with E-state index in [0.717, 1.165) is 43.5 Å². The van der Waals surface area contributed by atoms with Crippen LogP contribution in [0.15, 0.2) is 24.3 Å². The lowest BCUT2D eigenvalue weighted by Crippen LogP contribution is -2.61. The van der Waals surface area contributed by atoms with E-state index in [1.165, 1.54) is 13.8 Å². The minimum Gasteiger partial charge on any atom is -0.497 e. The Morgan fingerprint density at radius 1 is 0.909 bits per heavy atom. The Morgan fingerprint density at radius 2 is 1.50 bits per heavy atom. The van der Waals surface area contributed by atoms with E-state index in [1.807, 2.05) is 12.1 Å². The van der Waals surface area contributed by atoms with E-state index < -0.39 is 54.5 Å². The summed E-state index contributed by atoms with van der Waals surface area (Å²) in [6.07, 6.45) is -3.58. The molecule has 1 fully saturated rings. The first-order valence-electron chi connectivity index (χ1n) is 14.1. The lowest BCUT2D eigenvalue weighted by molar-refractivity contribution is -0.269. The number of nitriles is 1. The van der Waals surface area contributed by atoms with E-state index in [9.17, 15) is 24.4 Å². The summed E-state index contributed by atoms with van der Waals surface area (Å²) in [6, 6.07) is 9.58. The number of carbonyl (C=O) groups is 4. The smallest absolute Gasteiger partial charge is 0.303 e. The second-order valence-electron chi connectivity index (χ2n) is 10.5. The molecule has 5 atom stereocenters. The van der Waals surface area contributed by atoms with Gasteiger partial charge in [0.1, 0.15) is 29.2 Å². The second kappa shape index (κ2) is 14.0. The molecule has 44 heavy (non-hydrogen) atoms. The van der Waals surface area contributed by atoms with E-state index in [1.54, 1.807) is 23.8 Å². The van der Waals surface area contributed by atoms with Gasteiger partial charge in [0.25, 0.3) is 0 Å². The van der Waals surface area contributed by atoms with Gasteiger partial charge in [0.05, 0.1) is 12.7 Å². The van der Waals surface area contributed by atoms with Crippen molar-refractivity contribution in [1.82, 2.24) is 4.57 Å². The highest BCUT2D eigenvalue weighted by Gasteiger charge is 2.53. The van der Waals surface area contributed by atoms with Crippen molar-refractivity contribution in [1.29, 1.82) is 5.26 Å². The first kappa shape index (κ1) is 32.6. The fourth-order valence-corrected chi connectivity index (χ4v) is 6.15. The van der Waals surface area contributed by atoms with Gasteiger partial charge in [0.15, 0.2) is 24.5 Å². The van der Waals surface area contributed by atoms with Gasteiger partial charge in [-0.3, -0.25) is 19.2 Å². The predicted octanol–water partition coefficient (Wildman–Crippen LogP) is 3.90. The number of hydrogen-bond acceptors (Lipinski definition) is 12. The van der Waals surface area contributed by atoms with Gasteiger partial charge in [0, 0.05) is 39.0 Å². The normalized spacial score (nSPS) is 22.5. The molecule has 1 aliphatic heterocycles. The van der Waals surface area contributed by atoms with Crippen LogP contribution in [0.4, 0.5) is 0 Å². The van der Waals surface area contributed by atoms with Gasteiger partial charge in [-0.2, -0.15) is 5.26 Å². The first-order chi connectivity index (χ1) is 21.0. The summed E-state index contributed by atoms with van der Waals surface area (Å²) in [7, 11) is 1.57. The van der Waals surface area contributed by atoms with Crippen LogP contribution in [0.5, 0.6) is 5.75 Å². The van der Waals surface area contributed by atoms with Crippen LogP contribution in [0.25, 0.3) is 11.1 Å². The molecule has 0 unspecified atom stereocenters. The molecule has 0 N–H and O–H groups in total. The molecule has 12 nitrogen and oxygen atoms in total. The Balaban J connectivity index is 1.98. The summed E-state index contributed by atoms with van der Waals surface area (Å²) in [5, 5.41) is 10.4. The number of ether oxygens (including phenoxy) is 6. The fraction of sp³-hybridized carbons (Fsp3) is 0.484. The zero-order valence-corrected chi connectivity index (χ0v) is 25.9. The summed E-state index contributed by atoms with van der Waals surface area (Å²) < 4.78 is 35.6. The summed E-state index contributed by atoms with van der Waals surface area (Å²) in [4.78, 5) is 48.7. The van der Waals surface area contributed by atoms with Gasteiger partial charge >= 0.3 is 23.9 Å². The third kappa shape index (κ3) is 6.92. The molecule has 0 saturated carbocycles. The quantitative estimate of drug-likeness (QED) is 0.237. The zero-order chi connectivity index (χ0) is 32.1. The van der Waals surface area contributed by atoms with Crippen LogP contribution in [0.2, 0.25) is 0 Å². The second-order valence-corrected chi connectivity index (χ2v) is 10.9. The summed E-state index contributed by atoms with van der Waals surface area (Å²) in [5.41, 5.74) is 3.31. The van der Waals surface area contributed by atoms with Gasteiger partial charge < -0.3 is 33.0 Å². The Kier molecular flexibility index (Phi) is 10.4. The molecule has 0 spiro atoms. The van der Waals surface area contributed by atoms with E-state index in [-0.39, 0.29) is 16.8 Å². The monoisotopic (exact) mass is 626 g/mol. The number of rotatable bonds is 8. The molecule has 1 aromatic carbocycles. The van der Waals surface area contributed by atoms with E-state index in [2.05, 4.69) is 6.07 Å². The lowest BCUT2D eigenvalue weighted by atomic mass is 9.86. The lowest BCUT2D eigenvalue weighted by Gasteiger charge is -2.46. The third-order valence-corrected chi connectivity index (χ3v) is 7.83. The largest absolute Gasteiger partial charge is 0.497 e. The highest BCUT2D eigenvalue weighted by atomic mass is 32.1. The van der Waals surface area contributed by atoms with Crippen molar-refractivity contribution < 1.29 is 47.6 Å². The van der Waals surface area contributed by atoms with Crippen molar-refractivity contribution in [3.8, 4) is 22.9 Å². The Hall–Kier alpha value is -4.28. The predicted molar refractivity (Wildman–Crippen MR) is 156 cm³/mol. The zero-order valence-electron chi connectivity index (χ0n) is 25.1. The standard InChI is InChI=1S/C31H34N2O10S/c1-16(34)39-15-25-27(40-17(2)35)28(41-18(3)36)29(42-19(4)37)30(43-25)33-24-9-7-6-8-22(24)26(23(14-32)31(33)44)20-10-12-21(38-5)13-11-20/h10-13,25,27-30H,6-9,15H2,1-5H3/t25-,27+,28+,29+,30-/m1/s1. The van der Waals surface area contributed by atoms with Crippen molar-refractivity contribution in [2.24, 2.45) is 0 Å². The molecule has 2 aliphatic rings. The van der Waals surface area contributed by atoms with Crippen LogP contribution in [0.1, 0.15) is 63.6 Å². The van der Waals surface area contributed by atoms with Crippen LogP contribution >= 0.6 is 12.2 Å². The van der Waals surface area contributed by atoms with Gasteiger partial charge in [-0.25, -0.2) is 0 Å². The van der Waals surface area contributed by atoms with Crippen molar-refractivity contribution >= 4 is 36.1 Å². The molecule has 4 rings (SSSR count). The number of methoxy groups -OCH3 is 1. The fourth-order valence-electron chi connectivity index (χ4n) is 5.79. The molecule has 2 heterocycles. The molecule has 0 amide bonds. The van der Waals surface area contributed by atoms with E-state index in [0.29, 0.717) is 24.2 Å². The summed E-state index contributed by atoms with van der Waals surface area (Å²) in [6.45, 7) is 4.32. The molecule has 1 saturated heterocycles. The molecule has 1 aromatic heterocycles. The molecular formula is C31H34N2O10S. The van der Waals surface area contributed by atoms with Crippen LogP contribution in [0, 0.1) is 16.0 Å². The van der Waals surface area contributed by atoms with Gasteiger partial charge in [-0.15, -0.1) is 0 Å². The number of aromatic nitrogens is 1. The number of hydrogen-bond donors (Lipinski definition) is 0. The average molecular weight is 627 g/mol. The van der Waals surface area contributed by atoms with E-state index >= 15 is 0 Å². The molecule has 2 aromatic rings. The van der Waals surface area contributed by atoms with Gasteiger partial charge in [-0.1, -0.05) is 24.4 Å². The molecule has 1 aliphatic carbocycles. The molecular weight excluding hydrogens is 592 g/mol. The number of esters is 4. The van der Waals surface area contributed by atoms with E-state index in [4.69, 9.17) is 40.6 Å². The van der Waals surface area contributed by atoms with Crippen molar-refractivity contribution in [3.05, 3.63) is 45.7 Å². The third-order valence-electron chi connectivity index (χ3n) is 7.43. The first-order valence-corrected chi connectivity index (χ1v) is 14.5. The van der Waals surface area contributed by atoms with Crippen LogP contribution in [-0.2, 0) is 55.7 Å². The Morgan fingerprint density at radius 3 is 2.07 bits per heavy atom. The highest BCUT2D eigenvalue weighted by molar-refractivity contribution is 7.71. The highest BCUT2D eigenvalue weighted by Crippen LogP contribution is 2.41. The Labute approximate surface area is 259 Å². The average Bonchev–Trinajstić information content (AvgIpc) is 2.97. The number of pyridine rings is 1. The van der Waals surface area contributed by atoms with Crippen LogP contribution in [0.3, 0.4) is 0 Å². The maximum Gasteiger partial charge on any atom is 0.303 e. The van der Waals surface area contributed by atoms with Crippen molar-refractivity contribution in [3.63, 3.8) is 0 Å². The summed E-state index contributed by atoms with van der Waals surface area (Å²) in [5.74, 6) is -2.16. The number of benzene rings is 1. The van der Waals surface area contributed by atoms with Crippen molar-refractivity contribution in [2.75, 3.05) is 13.7 Å². The maximum absolute atomic E-state index is 12.4. The number of fused-ring (bicyclic) bond motifs is 1. The van der Waals surface area contributed by atoms with Gasteiger partial charge in [0.2, 0.25) is 0 Å². The van der Waals surface area contributed by atoms with Crippen LogP contribution in [-0.4, -0.2) is 66.6 Å². The minimum absolute atomic E-state index is 0.111. The summed E-state index contributed by atoms with van der Waals surface area (Å²) >= 11 is 5.95. The van der Waals surface area contributed by atoms with Crippen molar-refractivity contribution in [2.45, 2.75) is 84.0 Å². The Bertz CT molecular complexity index is 1540. The molecule has 13 heteroatoms. The maximum atomic E-state index is 12.4. The molecule has 234 valence electrons.